The number of benzene rings is 1. The van der Waals surface area contributed by atoms with Crippen molar-refractivity contribution in [2.24, 2.45) is 0 Å². The summed E-state index contributed by atoms with van der Waals surface area (Å²) < 4.78 is 0. The molecule has 0 spiro atoms. The van der Waals surface area contributed by atoms with Crippen LogP contribution in [0.25, 0.3) is 10.9 Å². The molecule has 1 N–H and O–H groups in total. The zero-order valence-corrected chi connectivity index (χ0v) is 10.5. The number of hydrogen-bond donors (Lipinski definition) is 1. The van der Waals surface area contributed by atoms with Crippen LogP contribution in [0.4, 0.5) is 0 Å². The molecule has 0 bridgehead atoms. The first-order chi connectivity index (χ1) is 6.27. The van der Waals surface area contributed by atoms with Crippen molar-refractivity contribution < 1.29 is 0 Å². The molecule has 15 heavy (non-hydrogen) atoms. The minimum atomic E-state index is 0. The Hall–Kier alpha value is -0.700. The van der Waals surface area contributed by atoms with E-state index in [0.717, 1.165) is 6.54 Å². The predicted molar refractivity (Wildman–Crippen MR) is 70.2 cm³/mol. The average molecular weight is 247 g/mol. The van der Waals surface area contributed by atoms with Crippen LogP contribution in [-0.2, 0) is 6.54 Å². The van der Waals surface area contributed by atoms with Crippen molar-refractivity contribution in [3.8, 4) is 0 Å². The first-order valence-corrected chi connectivity index (χ1v) is 4.47. The Morgan fingerprint density at radius 3 is 2.47 bits per heavy atom. The Morgan fingerprint density at radius 1 is 1.13 bits per heavy atom. The first kappa shape index (κ1) is 14.3. The zero-order chi connectivity index (χ0) is 9.26. The summed E-state index contributed by atoms with van der Waals surface area (Å²) in [6.45, 7) is 0.990. The molecule has 0 saturated carbocycles. The van der Waals surface area contributed by atoms with Crippen molar-refractivity contribution in [1.82, 2.24) is 9.88 Å². The van der Waals surface area contributed by atoms with Gasteiger partial charge >= 0.3 is 0 Å². The summed E-state index contributed by atoms with van der Waals surface area (Å²) in [7, 11) is 4.17. The van der Waals surface area contributed by atoms with E-state index in [4.69, 9.17) is 0 Å². The van der Waals surface area contributed by atoms with Gasteiger partial charge in [0, 0.05) is 23.6 Å². The fourth-order valence-electron chi connectivity index (χ4n) is 1.60. The average Bonchev–Trinajstić information content (AvgIpc) is 2.48. The summed E-state index contributed by atoms with van der Waals surface area (Å²) in [5.74, 6) is 0. The highest BCUT2D eigenvalue weighted by Crippen LogP contribution is 2.18. The molecule has 0 aliphatic rings. The van der Waals surface area contributed by atoms with Crippen LogP contribution in [0.5, 0.6) is 0 Å². The number of nitrogens with one attached hydrogen (secondary N) is 1. The lowest BCUT2D eigenvalue weighted by molar-refractivity contribution is 0.404. The van der Waals surface area contributed by atoms with Crippen molar-refractivity contribution in [3.63, 3.8) is 0 Å². The maximum absolute atomic E-state index is 3.27. The minimum Gasteiger partial charge on any atom is -0.361 e. The predicted octanol–water partition coefficient (Wildman–Crippen LogP) is 3.07. The highest BCUT2D eigenvalue weighted by Gasteiger charge is 2.02. The van der Waals surface area contributed by atoms with E-state index < -0.39 is 0 Å². The van der Waals surface area contributed by atoms with E-state index in [1.165, 1.54) is 16.5 Å². The van der Waals surface area contributed by atoms with E-state index in [0.29, 0.717) is 0 Å². The molecule has 2 aromatic rings. The van der Waals surface area contributed by atoms with Gasteiger partial charge < -0.3 is 9.88 Å². The summed E-state index contributed by atoms with van der Waals surface area (Å²) in [6, 6.07) is 8.40. The van der Waals surface area contributed by atoms with Crippen LogP contribution in [0, 0.1) is 0 Å². The number of aromatic nitrogens is 1. The van der Waals surface area contributed by atoms with Crippen LogP contribution in [0.1, 0.15) is 5.56 Å². The molecule has 84 valence electrons. The molecule has 0 saturated heterocycles. The topological polar surface area (TPSA) is 19.0 Å². The number of hydrogen-bond acceptors (Lipinski definition) is 1. The van der Waals surface area contributed by atoms with E-state index in [9.17, 15) is 0 Å². The number of rotatable bonds is 2. The zero-order valence-electron chi connectivity index (χ0n) is 8.86. The Kier molecular flexibility index (Phi) is 5.73. The van der Waals surface area contributed by atoms with Gasteiger partial charge in [0.25, 0.3) is 0 Å². The van der Waals surface area contributed by atoms with Gasteiger partial charge in [0.15, 0.2) is 0 Å². The first-order valence-electron chi connectivity index (χ1n) is 4.47. The van der Waals surface area contributed by atoms with Crippen LogP contribution in [0.2, 0.25) is 0 Å². The van der Waals surface area contributed by atoms with Gasteiger partial charge in [0.05, 0.1) is 0 Å². The third kappa shape index (κ3) is 3.13. The van der Waals surface area contributed by atoms with Crippen molar-refractivity contribution in [2.45, 2.75) is 6.54 Å². The minimum absolute atomic E-state index is 0. The van der Waals surface area contributed by atoms with Gasteiger partial charge in [-0.2, -0.15) is 0 Å². The molecule has 0 aliphatic heterocycles. The molecule has 1 aromatic heterocycles. The Balaban J connectivity index is 0.000000980. The van der Waals surface area contributed by atoms with Crippen LogP contribution in [0.15, 0.2) is 30.5 Å². The van der Waals surface area contributed by atoms with Crippen LogP contribution < -0.4 is 0 Å². The molecule has 1 heterocycles. The summed E-state index contributed by atoms with van der Waals surface area (Å²) in [5, 5.41) is 1.33. The lowest BCUT2D eigenvalue weighted by Gasteiger charge is -2.07. The summed E-state index contributed by atoms with van der Waals surface area (Å²) in [6.07, 6.45) is 2.09. The molecule has 0 radical (unpaired) electrons. The van der Waals surface area contributed by atoms with Crippen molar-refractivity contribution in [3.05, 3.63) is 36.0 Å². The SMILES string of the molecule is CN(C)Cc1c[nH]c2ccccc12.Cl.Cl. The van der Waals surface area contributed by atoms with Crippen molar-refractivity contribution in [1.29, 1.82) is 0 Å². The van der Waals surface area contributed by atoms with Gasteiger partial charge in [-0.15, -0.1) is 24.8 Å². The number of aromatic amines is 1. The Morgan fingerprint density at radius 2 is 1.80 bits per heavy atom. The highest BCUT2D eigenvalue weighted by atomic mass is 35.5. The molecule has 0 atom stereocenters. The molecule has 0 fully saturated rings. The summed E-state index contributed by atoms with van der Waals surface area (Å²) in [5.41, 5.74) is 2.58. The second kappa shape index (κ2) is 6.01. The molecule has 2 nitrogen and oxygen atoms in total. The lowest BCUT2D eigenvalue weighted by atomic mass is 10.2. The molecular formula is C11H16Cl2N2. The van der Waals surface area contributed by atoms with Crippen molar-refractivity contribution >= 4 is 35.7 Å². The molecular weight excluding hydrogens is 231 g/mol. The van der Waals surface area contributed by atoms with Gasteiger partial charge in [-0.25, -0.2) is 0 Å². The molecule has 0 aliphatic carbocycles. The largest absolute Gasteiger partial charge is 0.361 e. The fourth-order valence-corrected chi connectivity index (χ4v) is 1.60. The van der Waals surface area contributed by atoms with Crippen LogP contribution in [-0.4, -0.2) is 24.0 Å². The summed E-state index contributed by atoms with van der Waals surface area (Å²) in [4.78, 5) is 5.44. The van der Waals surface area contributed by atoms with Gasteiger partial charge in [-0.1, -0.05) is 18.2 Å². The van der Waals surface area contributed by atoms with Gasteiger partial charge in [0.2, 0.25) is 0 Å². The number of nitrogens with zero attached hydrogens (tertiary/aromatic N) is 1. The molecule has 2 rings (SSSR count). The normalized spacial score (nSPS) is 9.80. The monoisotopic (exact) mass is 246 g/mol. The van der Waals surface area contributed by atoms with Gasteiger partial charge in [-0.3, -0.25) is 0 Å². The quantitative estimate of drug-likeness (QED) is 0.864. The number of H-pyrrole nitrogens is 1. The van der Waals surface area contributed by atoms with E-state index in [2.05, 4.69) is 54.4 Å². The van der Waals surface area contributed by atoms with E-state index >= 15 is 0 Å². The van der Waals surface area contributed by atoms with E-state index in [1.807, 2.05) is 0 Å². The maximum atomic E-state index is 3.27. The molecule has 0 amide bonds. The van der Waals surface area contributed by atoms with Crippen LogP contribution >= 0.6 is 24.8 Å². The fraction of sp³-hybridized carbons (Fsp3) is 0.273. The molecule has 1 aromatic carbocycles. The second-order valence-electron chi connectivity index (χ2n) is 3.60. The maximum Gasteiger partial charge on any atom is 0.0457 e. The number of halogens is 2. The van der Waals surface area contributed by atoms with E-state index in [1.54, 1.807) is 0 Å². The number of fused-ring (bicyclic) bond motifs is 1. The Labute approximate surface area is 102 Å². The third-order valence-electron chi connectivity index (χ3n) is 2.16. The van der Waals surface area contributed by atoms with Crippen LogP contribution in [0.3, 0.4) is 0 Å². The molecule has 0 unspecified atom stereocenters. The smallest absolute Gasteiger partial charge is 0.0457 e. The summed E-state index contributed by atoms with van der Waals surface area (Å²) >= 11 is 0. The second-order valence-corrected chi connectivity index (χ2v) is 3.60. The molecule has 4 heteroatoms. The number of para-hydroxylation sites is 1. The van der Waals surface area contributed by atoms with Gasteiger partial charge in [-0.05, 0) is 25.7 Å². The van der Waals surface area contributed by atoms with Gasteiger partial charge in [0.1, 0.15) is 0 Å². The lowest BCUT2D eigenvalue weighted by Crippen LogP contribution is -2.09. The standard InChI is InChI=1S/C11H14N2.2ClH/c1-13(2)8-9-7-12-11-6-4-3-5-10(9)11;;/h3-7,12H,8H2,1-2H3;2*1H. The Bertz CT molecular complexity index is 410. The third-order valence-corrected chi connectivity index (χ3v) is 2.16. The van der Waals surface area contributed by atoms with E-state index in [-0.39, 0.29) is 24.8 Å². The van der Waals surface area contributed by atoms with Crippen molar-refractivity contribution in [2.75, 3.05) is 14.1 Å². The highest BCUT2D eigenvalue weighted by molar-refractivity contribution is 5.85.